The second-order valence-electron chi connectivity index (χ2n) is 3.42. The van der Waals surface area contributed by atoms with Gasteiger partial charge in [0.1, 0.15) is 17.2 Å². The van der Waals surface area contributed by atoms with Crippen LogP contribution in [0, 0.1) is 6.92 Å². The van der Waals surface area contributed by atoms with Gasteiger partial charge >= 0.3 is 0 Å². The maximum atomic E-state index is 5.65. The van der Waals surface area contributed by atoms with Crippen molar-refractivity contribution >= 4 is 0 Å². The summed E-state index contributed by atoms with van der Waals surface area (Å²) in [5, 5.41) is 0. The van der Waals surface area contributed by atoms with Gasteiger partial charge in [0.2, 0.25) is 0 Å². The molecule has 0 aromatic heterocycles. The summed E-state index contributed by atoms with van der Waals surface area (Å²) < 4.78 is 10.7. The first kappa shape index (κ1) is 10.6. The molecule has 0 bridgehead atoms. The summed E-state index contributed by atoms with van der Waals surface area (Å²) in [4.78, 5) is 0. The molecule has 16 heavy (non-hydrogen) atoms. The van der Waals surface area contributed by atoms with Gasteiger partial charge in [0.25, 0.3) is 0 Å². The molecule has 2 heteroatoms. The molecular weight excluding hydrogens is 200 g/mol. The van der Waals surface area contributed by atoms with E-state index in [-0.39, 0.29) is 0 Å². The molecule has 81 valence electrons. The van der Waals surface area contributed by atoms with Crippen molar-refractivity contribution < 1.29 is 9.47 Å². The number of methoxy groups -OCH3 is 1. The Morgan fingerprint density at radius 3 is 1.69 bits per heavy atom. The van der Waals surface area contributed by atoms with E-state index in [4.69, 9.17) is 9.47 Å². The second-order valence-corrected chi connectivity index (χ2v) is 3.42. The third kappa shape index (κ3) is 2.54. The van der Waals surface area contributed by atoms with Gasteiger partial charge in [-0.1, -0.05) is 12.1 Å². The van der Waals surface area contributed by atoms with Crippen LogP contribution in [0.25, 0.3) is 0 Å². The van der Waals surface area contributed by atoms with E-state index in [2.05, 4.69) is 6.92 Å². The molecule has 0 aliphatic carbocycles. The number of benzene rings is 2. The summed E-state index contributed by atoms with van der Waals surface area (Å²) in [6.45, 7) is 3.82. The summed E-state index contributed by atoms with van der Waals surface area (Å²) in [6, 6.07) is 15.1. The molecule has 1 radical (unpaired) electrons. The predicted octanol–water partition coefficient (Wildman–Crippen LogP) is 3.67. The number of hydrogen-bond donors (Lipinski definition) is 0. The summed E-state index contributed by atoms with van der Waals surface area (Å²) in [6.07, 6.45) is 0. The monoisotopic (exact) mass is 213 g/mol. The highest BCUT2D eigenvalue weighted by molar-refractivity contribution is 5.36. The lowest BCUT2D eigenvalue weighted by Gasteiger charge is -2.06. The lowest BCUT2D eigenvalue weighted by Crippen LogP contribution is -1.85. The van der Waals surface area contributed by atoms with Gasteiger partial charge in [0.15, 0.2) is 0 Å². The van der Waals surface area contributed by atoms with E-state index in [0.29, 0.717) is 0 Å². The largest absolute Gasteiger partial charge is 0.497 e. The summed E-state index contributed by atoms with van der Waals surface area (Å²) in [5.74, 6) is 2.41. The van der Waals surface area contributed by atoms with E-state index >= 15 is 0 Å². The lowest BCUT2D eigenvalue weighted by molar-refractivity contribution is 0.413. The molecule has 2 aromatic carbocycles. The smallest absolute Gasteiger partial charge is 0.127 e. The first-order valence-corrected chi connectivity index (χ1v) is 5.02. The zero-order valence-corrected chi connectivity index (χ0v) is 9.14. The normalized spacial score (nSPS) is 9.88. The minimum absolute atomic E-state index is 0.789. The van der Waals surface area contributed by atoms with Gasteiger partial charge in [-0.15, -0.1) is 0 Å². The van der Waals surface area contributed by atoms with Crippen molar-refractivity contribution in [2.24, 2.45) is 0 Å². The Balaban J connectivity index is 2.11. The fourth-order valence-electron chi connectivity index (χ4n) is 1.34. The second kappa shape index (κ2) is 4.71. The molecule has 0 aliphatic heterocycles. The fourth-order valence-corrected chi connectivity index (χ4v) is 1.34. The van der Waals surface area contributed by atoms with Gasteiger partial charge in [-0.3, -0.25) is 0 Å². The van der Waals surface area contributed by atoms with Gasteiger partial charge < -0.3 is 9.47 Å². The van der Waals surface area contributed by atoms with Crippen LogP contribution in [-0.4, -0.2) is 7.11 Å². The topological polar surface area (TPSA) is 18.5 Å². The molecule has 2 nitrogen and oxygen atoms in total. The van der Waals surface area contributed by atoms with Gasteiger partial charge in [0, 0.05) is 0 Å². The highest BCUT2D eigenvalue weighted by atomic mass is 16.5. The average Bonchev–Trinajstić information content (AvgIpc) is 2.33. The quantitative estimate of drug-likeness (QED) is 0.774. The molecule has 2 rings (SSSR count). The SMILES string of the molecule is [CH2]c1ccc(Oc2ccc(OC)cc2)cc1. The van der Waals surface area contributed by atoms with E-state index < -0.39 is 0 Å². The average molecular weight is 213 g/mol. The third-order valence-corrected chi connectivity index (χ3v) is 2.22. The molecule has 0 N–H and O–H groups in total. The first-order valence-electron chi connectivity index (χ1n) is 5.02. The molecule has 0 fully saturated rings. The number of rotatable bonds is 3. The molecule has 0 unspecified atom stereocenters. The molecule has 0 saturated carbocycles. The van der Waals surface area contributed by atoms with Gasteiger partial charge in [-0.05, 0) is 48.9 Å². The maximum absolute atomic E-state index is 5.65. The molecule has 0 aliphatic rings. The minimum Gasteiger partial charge on any atom is -0.497 e. The van der Waals surface area contributed by atoms with Crippen molar-refractivity contribution in [3.63, 3.8) is 0 Å². The molecule has 2 aromatic rings. The molecule has 0 spiro atoms. The van der Waals surface area contributed by atoms with Gasteiger partial charge in [-0.2, -0.15) is 0 Å². The zero-order chi connectivity index (χ0) is 11.4. The minimum atomic E-state index is 0.789. The van der Waals surface area contributed by atoms with Crippen LogP contribution in [0.3, 0.4) is 0 Å². The molecule has 0 heterocycles. The van der Waals surface area contributed by atoms with Crippen molar-refractivity contribution in [2.75, 3.05) is 7.11 Å². The predicted molar refractivity (Wildman–Crippen MR) is 64.0 cm³/mol. The Kier molecular flexibility index (Phi) is 3.10. The summed E-state index contributed by atoms with van der Waals surface area (Å²) >= 11 is 0. The molecule has 0 amide bonds. The Labute approximate surface area is 95.4 Å². The van der Waals surface area contributed by atoms with Crippen molar-refractivity contribution in [3.8, 4) is 17.2 Å². The van der Waals surface area contributed by atoms with Gasteiger partial charge in [0.05, 0.1) is 7.11 Å². The van der Waals surface area contributed by atoms with Crippen LogP contribution in [0.1, 0.15) is 5.56 Å². The van der Waals surface area contributed by atoms with Crippen molar-refractivity contribution in [1.82, 2.24) is 0 Å². The Morgan fingerprint density at radius 2 is 1.19 bits per heavy atom. The van der Waals surface area contributed by atoms with E-state index in [1.807, 2.05) is 48.5 Å². The van der Waals surface area contributed by atoms with E-state index in [1.54, 1.807) is 7.11 Å². The zero-order valence-electron chi connectivity index (χ0n) is 9.14. The number of ether oxygens (including phenoxy) is 2. The molecular formula is C14H13O2. The van der Waals surface area contributed by atoms with Crippen LogP contribution >= 0.6 is 0 Å². The van der Waals surface area contributed by atoms with Crippen LogP contribution in [0.5, 0.6) is 17.2 Å². The van der Waals surface area contributed by atoms with Crippen molar-refractivity contribution in [3.05, 3.63) is 61.0 Å². The van der Waals surface area contributed by atoms with E-state index in [9.17, 15) is 0 Å². The first-order chi connectivity index (χ1) is 7.78. The Hall–Kier alpha value is -1.96. The standard InChI is InChI=1S/C14H13O2/c1-11-3-5-13(6-4-11)16-14-9-7-12(15-2)8-10-14/h3-10H,1H2,2H3. The highest BCUT2D eigenvalue weighted by Crippen LogP contribution is 2.23. The third-order valence-electron chi connectivity index (χ3n) is 2.22. The van der Waals surface area contributed by atoms with Crippen LogP contribution in [-0.2, 0) is 0 Å². The maximum Gasteiger partial charge on any atom is 0.127 e. The van der Waals surface area contributed by atoms with Crippen LogP contribution in [0.15, 0.2) is 48.5 Å². The highest BCUT2D eigenvalue weighted by Gasteiger charge is 1.97. The lowest BCUT2D eigenvalue weighted by atomic mass is 10.2. The van der Waals surface area contributed by atoms with Crippen LogP contribution in [0.4, 0.5) is 0 Å². The van der Waals surface area contributed by atoms with Crippen LogP contribution < -0.4 is 9.47 Å². The Morgan fingerprint density at radius 1 is 0.750 bits per heavy atom. The van der Waals surface area contributed by atoms with Crippen molar-refractivity contribution in [1.29, 1.82) is 0 Å². The summed E-state index contributed by atoms with van der Waals surface area (Å²) in [5.41, 5.74) is 0.974. The molecule has 0 saturated heterocycles. The van der Waals surface area contributed by atoms with Gasteiger partial charge in [-0.25, -0.2) is 0 Å². The number of hydrogen-bond acceptors (Lipinski definition) is 2. The van der Waals surface area contributed by atoms with E-state index in [0.717, 1.165) is 22.8 Å². The van der Waals surface area contributed by atoms with E-state index in [1.165, 1.54) is 0 Å². The van der Waals surface area contributed by atoms with Crippen LogP contribution in [0.2, 0.25) is 0 Å². The summed E-state index contributed by atoms with van der Waals surface area (Å²) in [7, 11) is 1.64. The van der Waals surface area contributed by atoms with Crippen molar-refractivity contribution in [2.45, 2.75) is 0 Å². The molecule has 0 atom stereocenters. The Bertz CT molecular complexity index is 443. The fraction of sp³-hybridized carbons (Fsp3) is 0.0714.